The molecule has 136 valence electrons. The molecule has 0 aromatic carbocycles. The Labute approximate surface area is 146 Å². The summed E-state index contributed by atoms with van der Waals surface area (Å²) in [5, 5.41) is 0. The Hall–Kier alpha value is -1.01. The lowest BCUT2D eigenvalue weighted by Gasteiger charge is -2.42. The summed E-state index contributed by atoms with van der Waals surface area (Å²) in [4.78, 5) is 14.4. The lowest BCUT2D eigenvalue weighted by atomic mass is 9.73. The minimum Gasteiger partial charge on any atom is -0.444 e. The summed E-state index contributed by atoms with van der Waals surface area (Å²) in [6, 6.07) is 0. The van der Waals surface area contributed by atoms with E-state index >= 15 is 0 Å². The third kappa shape index (κ3) is 3.80. The fourth-order valence-electron chi connectivity index (χ4n) is 2.75. The minimum atomic E-state index is -0.515. The molecule has 0 saturated carbocycles. The van der Waals surface area contributed by atoms with Gasteiger partial charge in [0, 0.05) is 12.1 Å². The highest BCUT2D eigenvalue weighted by atomic mass is 16.7. The summed E-state index contributed by atoms with van der Waals surface area (Å²) in [7, 11) is -0.420. The smallest absolute Gasteiger partial charge is 0.444 e. The quantitative estimate of drug-likeness (QED) is 0.680. The van der Waals surface area contributed by atoms with Crippen molar-refractivity contribution >= 4 is 13.2 Å². The van der Waals surface area contributed by atoms with Crippen LogP contribution in [0.3, 0.4) is 0 Å². The van der Waals surface area contributed by atoms with Gasteiger partial charge in [-0.2, -0.15) is 0 Å². The van der Waals surface area contributed by atoms with Crippen molar-refractivity contribution in [3.8, 4) is 0 Å². The molecule has 1 saturated heterocycles. The van der Waals surface area contributed by atoms with Gasteiger partial charge < -0.3 is 14.0 Å². The van der Waals surface area contributed by atoms with Gasteiger partial charge in [-0.1, -0.05) is 6.08 Å². The molecule has 0 bridgehead atoms. The molecular formula is C18H32BNO4. The average Bonchev–Trinajstić information content (AvgIpc) is 2.55. The van der Waals surface area contributed by atoms with Crippen molar-refractivity contribution in [1.82, 2.24) is 4.90 Å². The maximum absolute atomic E-state index is 12.6. The first-order valence-electron chi connectivity index (χ1n) is 8.70. The fraction of sp³-hybridized carbons (Fsp3) is 0.833. The third-order valence-electron chi connectivity index (χ3n) is 5.11. The Kier molecular flexibility index (Phi) is 4.64. The second kappa shape index (κ2) is 5.77. The predicted molar refractivity (Wildman–Crippen MR) is 95.8 cm³/mol. The monoisotopic (exact) mass is 337 g/mol. The number of ether oxygens (including phenoxy) is 1. The van der Waals surface area contributed by atoms with E-state index in [0.717, 1.165) is 11.9 Å². The Balaban J connectivity index is 2.18. The van der Waals surface area contributed by atoms with Crippen molar-refractivity contribution in [1.29, 1.82) is 0 Å². The zero-order valence-corrected chi connectivity index (χ0v) is 16.6. The molecule has 0 atom stereocenters. The SMILES string of the molecule is CC(C)(C)OC(=O)N1CC(B2OC(C)(C)C(C)(C)O2)=CCC1(C)C. The normalized spacial score (nSPS) is 25.5. The topological polar surface area (TPSA) is 48.0 Å². The lowest BCUT2D eigenvalue weighted by molar-refractivity contribution is 0.00475. The van der Waals surface area contributed by atoms with Crippen molar-refractivity contribution in [3.05, 3.63) is 11.5 Å². The molecule has 0 aromatic heterocycles. The molecule has 24 heavy (non-hydrogen) atoms. The van der Waals surface area contributed by atoms with Crippen molar-refractivity contribution in [2.24, 2.45) is 0 Å². The third-order valence-corrected chi connectivity index (χ3v) is 5.11. The number of carbonyl (C=O) groups is 1. The lowest BCUT2D eigenvalue weighted by Crippen LogP contribution is -2.53. The van der Waals surface area contributed by atoms with Crippen LogP contribution in [-0.4, -0.2) is 47.0 Å². The number of rotatable bonds is 1. The molecule has 0 N–H and O–H groups in total. The van der Waals surface area contributed by atoms with Crippen LogP contribution in [0.15, 0.2) is 11.5 Å². The van der Waals surface area contributed by atoms with Crippen LogP contribution in [-0.2, 0) is 14.0 Å². The maximum atomic E-state index is 12.6. The molecule has 5 nitrogen and oxygen atoms in total. The van der Waals surface area contributed by atoms with Gasteiger partial charge in [0.2, 0.25) is 0 Å². The molecule has 0 aromatic rings. The molecule has 0 radical (unpaired) electrons. The van der Waals surface area contributed by atoms with Crippen LogP contribution in [0.25, 0.3) is 0 Å². The molecule has 2 heterocycles. The molecule has 6 heteroatoms. The number of carbonyl (C=O) groups excluding carboxylic acids is 1. The van der Waals surface area contributed by atoms with Crippen LogP contribution in [0.2, 0.25) is 0 Å². The van der Waals surface area contributed by atoms with Gasteiger partial charge in [0.15, 0.2) is 0 Å². The molecule has 1 amide bonds. The van der Waals surface area contributed by atoms with Crippen molar-refractivity contribution < 1.29 is 18.8 Å². The summed E-state index contributed by atoms with van der Waals surface area (Å²) >= 11 is 0. The number of hydrogen-bond acceptors (Lipinski definition) is 4. The minimum absolute atomic E-state index is 0.296. The van der Waals surface area contributed by atoms with Gasteiger partial charge >= 0.3 is 13.2 Å². The van der Waals surface area contributed by atoms with E-state index in [9.17, 15) is 4.79 Å². The first kappa shape index (κ1) is 19.3. The van der Waals surface area contributed by atoms with Crippen molar-refractivity contribution in [2.45, 2.75) is 91.1 Å². The first-order chi connectivity index (χ1) is 10.6. The summed E-state index contributed by atoms with van der Waals surface area (Å²) < 4.78 is 17.8. The zero-order valence-electron chi connectivity index (χ0n) is 16.6. The number of nitrogens with zero attached hydrogens (tertiary/aromatic N) is 1. The molecule has 0 aliphatic carbocycles. The van der Waals surface area contributed by atoms with Gasteiger partial charge in [0.25, 0.3) is 0 Å². The van der Waals surface area contributed by atoms with Crippen LogP contribution in [0.5, 0.6) is 0 Å². The van der Waals surface area contributed by atoms with Gasteiger partial charge in [0.05, 0.1) is 11.2 Å². The van der Waals surface area contributed by atoms with Gasteiger partial charge in [-0.3, -0.25) is 4.90 Å². The molecule has 2 aliphatic rings. The second-order valence-electron chi connectivity index (χ2n) is 9.45. The first-order valence-corrected chi connectivity index (χ1v) is 8.70. The average molecular weight is 337 g/mol. The van der Waals surface area contributed by atoms with E-state index in [4.69, 9.17) is 14.0 Å². The van der Waals surface area contributed by atoms with Gasteiger partial charge in [-0.15, -0.1) is 0 Å². The van der Waals surface area contributed by atoms with Gasteiger partial charge in [0.1, 0.15) is 5.60 Å². The number of hydrogen-bond donors (Lipinski definition) is 0. The summed E-state index contributed by atoms with van der Waals surface area (Å²) in [5.41, 5.74) is -0.600. The Bertz CT molecular complexity index is 530. The molecular weight excluding hydrogens is 305 g/mol. The van der Waals surface area contributed by atoms with E-state index in [-0.39, 0.29) is 22.8 Å². The second-order valence-corrected chi connectivity index (χ2v) is 9.45. The fourth-order valence-corrected chi connectivity index (χ4v) is 2.75. The van der Waals surface area contributed by atoms with Gasteiger partial charge in [-0.25, -0.2) is 4.79 Å². The van der Waals surface area contributed by atoms with E-state index in [2.05, 4.69) is 19.9 Å². The van der Waals surface area contributed by atoms with E-state index < -0.39 is 12.7 Å². The molecule has 2 aliphatic heterocycles. The Morgan fingerprint density at radius 3 is 2.08 bits per heavy atom. The summed E-state index contributed by atoms with van der Waals surface area (Å²) in [5.74, 6) is 0. The standard InChI is InChI=1S/C18H32BNO4/c1-15(2,3)22-14(21)20-12-13(10-11-16(20,4)5)19-23-17(6,7)18(8,9)24-19/h10H,11-12H2,1-9H3. The van der Waals surface area contributed by atoms with Crippen LogP contribution >= 0.6 is 0 Å². The predicted octanol–water partition coefficient (Wildman–Crippen LogP) is 3.96. The molecule has 1 fully saturated rings. The zero-order chi connectivity index (χ0) is 18.6. The van der Waals surface area contributed by atoms with Crippen molar-refractivity contribution in [3.63, 3.8) is 0 Å². The van der Waals surface area contributed by atoms with Gasteiger partial charge in [-0.05, 0) is 74.2 Å². The van der Waals surface area contributed by atoms with Crippen LogP contribution in [0.4, 0.5) is 4.79 Å². The van der Waals surface area contributed by atoms with Crippen LogP contribution < -0.4 is 0 Å². The van der Waals surface area contributed by atoms with Crippen LogP contribution in [0.1, 0.15) is 68.7 Å². The van der Waals surface area contributed by atoms with E-state index in [1.54, 1.807) is 4.90 Å². The molecule has 0 unspecified atom stereocenters. The van der Waals surface area contributed by atoms with E-state index in [1.807, 2.05) is 48.5 Å². The van der Waals surface area contributed by atoms with Crippen molar-refractivity contribution in [2.75, 3.05) is 6.54 Å². The molecule has 2 rings (SSSR count). The van der Waals surface area contributed by atoms with E-state index in [0.29, 0.717) is 6.54 Å². The summed E-state index contributed by atoms with van der Waals surface area (Å²) in [6.45, 7) is 18.3. The number of amides is 1. The molecule has 0 spiro atoms. The van der Waals surface area contributed by atoms with Crippen LogP contribution in [0, 0.1) is 0 Å². The summed E-state index contributed by atoms with van der Waals surface area (Å²) in [6.07, 6.45) is 2.59. The Morgan fingerprint density at radius 2 is 1.62 bits per heavy atom. The highest BCUT2D eigenvalue weighted by Gasteiger charge is 2.53. The Morgan fingerprint density at radius 1 is 1.12 bits per heavy atom. The maximum Gasteiger partial charge on any atom is 0.492 e. The highest BCUT2D eigenvalue weighted by molar-refractivity contribution is 6.54. The van der Waals surface area contributed by atoms with E-state index in [1.165, 1.54) is 0 Å². The largest absolute Gasteiger partial charge is 0.492 e. The highest BCUT2D eigenvalue weighted by Crippen LogP contribution is 2.40.